The van der Waals surface area contributed by atoms with Crippen molar-refractivity contribution in [2.75, 3.05) is 13.2 Å². The van der Waals surface area contributed by atoms with Crippen LogP contribution in [0.2, 0.25) is 0 Å². The molecule has 0 saturated carbocycles. The molecule has 0 N–H and O–H groups in total. The molecule has 6 nitrogen and oxygen atoms in total. The van der Waals surface area contributed by atoms with Gasteiger partial charge in [-0.1, -0.05) is 250 Å². The summed E-state index contributed by atoms with van der Waals surface area (Å²) >= 11 is 0. The third-order valence-corrected chi connectivity index (χ3v) is 12.9. The van der Waals surface area contributed by atoms with Crippen molar-refractivity contribution in [1.82, 2.24) is 0 Å². The van der Waals surface area contributed by atoms with Crippen LogP contribution in [0.1, 0.15) is 310 Å². The van der Waals surface area contributed by atoms with E-state index < -0.39 is 6.10 Å². The minimum Gasteiger partial charge on any atom is -0.462 e. The monoisotopic (exact) mass is 927 g/mol. The van der Waals surface area contributed by atoms with Crippen molar-refractivity contribution in [3.05, 3.63) is 36.5 Å². The summed E-state index contributed by atoms with van der Waals surface area (Å²) in [7, 11) is 0. The number of carbonyl (C=O) groups excluding carboxylic acids is 3. The van der Waals surface area contributed by atoms with E-state index in [-0.39, 0.29) is 31.1 Å². The Morgan fingerprint density at radius 1 is 0.303 bits per heavy atom. The smallest absolute Gasteiger partial charge is 0.306 e. The van der Waals surface area contributed by atoms with Crippen LogP contribution in [-0.2, 0) is 28.6 Å². The summed E-state index contributed by atoms with van der Waals surface area (Å²) in [5.74, 6) is -0.874. The van der Waals surface area contributed by atoms with Gasteiger partial charge in [-0.3, -0.25) is 14.4 Å². The normalized spacial score (nSPS) is 12.2. The van der Waals surface area contributed by atoms with Crippen molar-refractivity contribution < 1.29 is 28.6 Å². The van der Waals surface area contributed by atoms with Gasteiger partial charge in [-0.15, -0.1) is 0 Å². The number of hydrogen-bond acceptors (Lipinski definition) is 6. The molecule has 66 heavy (non-hydrogen) atoms. The first kappa shape index (κ1) is 63.6. The Hall–Kier alpha value is -2.37. The first-order valence-corrected chi connectivity index (χ1v) is 29.0. The van der Waals surface area contributed by atoms with Crippen LogP contribution in [0.5, 0.6) is 0 Å². The Morgan fingerprint density at radius 2 is 0.545 bits per heavy atom. The fraction of sp³-hybridized carbons (Fsp3) is 0.850. The minimum atomic E-state index is -0.777. The summed E-state index contributed by atoms with van der Waals surface area (Å²) in [6.45, 7) is 6.64. The maximum atomic E-state index is 12.8. The maximum absolute atomic E-state index is 12.8. The molecule has 0 heterocycles. The van der Waals surface area contributed by atoms with Crippen molar-refractivity contribution in [3.63, 3.8) is 0 Å². The van der Waals surface area contributed by atoms with E-state index in [1.807, 2.05) is 0 Å². The lowest BCUT2D eigenvalue weighted by molar-refractivity contribution is -0.167. The number of ether oxygens (including phenoxy) is 3. The van der Waals surface area contributed by atoms with Crippen LogP contribution >= 0.6 is 0 Å². The topological polar surface area (TPSA) is 78.9 Å². The van der Waals surface area contributed by atoms with Crippen LogP contribution in [0.15, 0.2) is 36.5 Å². The molecule has 6 heteroatoms. The highest BCUT2D eigenvalue weighted by Gasteiger charge is 2.19. The molecule has 386 valence electrons. The minimum absolute atomic E-state index is 0.0744. The van der Waals surface area contributed by atoms with Gasteiger partial charge in [0.2, 0.25) is 0 Å². The van der Waals surface area contributed by atoms with Crippen LogP contribution in [0.25, 0.3) is 0 Å². The van der Waals surface area contributed by atoms with Crippen molar-refractivity contribution in [1.29, 1.82) is 0 Å². The summed E-state index contributed by atoms with van der Waals surface area (Å²) in [6.07, 6.45) is 65.6. The standard InChI is InChI=1S/C60H110O6/c1-4-7-10-13-16-19-22-25-28-29-30-33-35-38-41-44-47-50-53-59(62)65-56-57(66-60(63)54-51-48-45-42-39-36-32-27-24-21-18-15-12-9-6-3)55-64-58(61)52-49-46-43-40-37-34-31-26-23-20-17-14-11-8-5-2/h19,22,27-29,32,57H,4-18,20-21,23-26,30-31,33-56H2,1-3H3/b22-19-,29-28-,32-27-. The predicted octanol–water partition coefficient (Wildman–Crippen LogP) is 19.3. The van der Waals surface area contributed by atoms with Gasteiger partial charge in [-0.05, 0) is 77.0 Å². The molecule has 0 aromatic heterocycles. The zero-order valence-electron chi connectivity index (χ0n) is 44.2. The molecule has 0 aromatic rings. The molecule has 0 spiro atoms. The van der Waals surface area contributed by atoms with Crippen LogP contribution in [0.4, 0.5) is 0 Å². The van der Waals surface area contributed by atoms with Crippen LogP contribution in [0, 0.1) is 0 Å². The van der Waals surface area contributed by atoms with E-state index in [2.05, 4.69) is 57.2 Å². The average molecular weight is 928 g/mol. The number of carbonyl (C=O) groups is 3. The van der Waals surface area contributed by atoms with E-state index in [1.54, 1.807) is 0 Å². The Balaban J connectivity index is 4.36. The quantitative estimate of drug-likeness (QED) is 0.0262. The molecule has 0 aliphatic rings. The maximum Gasteiger partial charge on any atom is 0.306 e. The number of rotatable bonds is 53. The fourth-order valence-electron chi connectivity index (χ4n) is 8.47. The molecular weight excluding hydrogens is 817 g/mol. The third-order valence-electron chi connectivity index (χ3n) is 12.9. The van der Waals surface area contributed by atoms with Gasteiger partial charge in [-0.2, -0.15) is 0 Å². The predicted molar refractivity (Wildman–Crippen MR) is 284 cm³/mol. The van der Waals surface area contributed by atoms with Gasteiger partial charge in [0, 0.05) is 19.3 Å². The highest BCUT2D eigenvalue weighted by atomic mass is 16.6. The molecule has 0 saturated heterocycles. The number of unbranched alkanes of at least 4 members (excludes halogenated alkanes) is 36. The third kappa shape index (κ3) is 52.6. The molecule has 0 bridgehead atoms. The second-order valence-electron chi connectivity index (χ2n) is 19.6. The largest absolute Gasteiger partial charge is 0.462 e. The second kappa shape index (κ2) is 55.2. The van der Waals surface area contributed by atoms with Crippen molar-refractivity contribution in [2.45, 2.75) is 316 Å². The van der Waals surface area contributed by atoms with E-state index >= 15 is 0 Å². The number of allylic oxidation sites excluding steroid dienone is 6. The molecule has 0 aliphatic heterocycles. The Kier molecular flexibility index (Phi) is 53.2. The first-order chi connectivity index (χ1) is 32.5. The van der Waals surface area contributed by atoms with Crippen molar-refractivity contribution in [2.24, 2.45) is 0 Å². The molecule has 0 aromatic carbocycles. The molecule has 0 rings (SSSR count). The Morgan fingerprint density at radius 3 is 0.864 bits per heavy atom. The van der Waals surface area contributed by atoms with Gasteiger partial charge >= 0.3 is 17.9 Å². The van der Waals surface area contributed by atoms with Gasteiger partial charge in [-0.25, -0.2) is 0 Å². The van der Waals surface area contributed by atoms with Crippen LogP contribution < -0.4 is 0 Å². The van der Waals surface area contributed by atoms with Crippen LogP contribution in [0.3, 0.4) is 0 Å². The molecule has 1 atom stereocenters. The molecule has 1 unspecified atom stereocenters. The van der Waals surface area contributed by atoms with E-state index in [9.17, 15) is 14.4 Å². The summed E-state index contributed by atoms with van der Waals surface area (Å²) in [6, 6.07) is 0. The van der Waals surface area contributed by atoms with Gasteiger partial charge < -0.3 is 14.2 Å². The average Bonchev–Trinajstić information content (AvgIpc) is 3.31. The molecule has 0 radical (unpaired) electrons. The van der Waals surface area contributed by atoms with Crippen molar-refractivity contribution in [3.8, 4) is 0 Å². The zero-order valence-corrected chi connectivity index (χ0v) is 44.2. The number of hydrogen-bond donors (Lipinski definition) is 0. The fourth-order valence-corrected chi connectivity index (χ4v) is 8.47. The van der Waals surface area contributed by atoms with Gasteiger partial charge in [0.1, 0.15) is 13.2 Å². The second-order valence-corrected chi connectivity index (χ2v) is 19.6. The lowest BCUT2D eigenvalue weighted by Crippen LogP contribution is -2.30. The lowest BCUT2D eigenvalue weighted by atomic mass is 10.0. The van der Waals surface area contributed by atoms with E-state index in [4.69, 9.17) is 14.2 Å². The summed E-state index contributed by atoms with van der Waals surface area (Å²) in [5, 5.41) is 0. The SMILES string of the molecule is CCCCCC/C=C\C/C=C\CCCCCCCCCC(=O)OCC(COC(=O)CCCCCCCCCCCCCCCCC)OC(=O)CCCCCCC/C=C\CCCCCCCC. The first-order valence-electron chi connectivity index (χ1n) is 29.0. The van der Waals surface area contributed by atoms with Gasteiger partial charge in [0.15, 0.2) is 6.10 Å². The van der Waals surface area contributed by atoms with Crippen LogP contribution in [-0.4, -0.2) is 37.2 Å². The number of esters is 3. The van der Waals surface area contributed by atoms with E-state index in [0.29, 0.717) is 19.3 Å². The highest BCUT2D eigenvalue weighted by molar-refractivity contribution is 5.71. The highest BCUT2D eigenvalue weighted by Crippen LogP contribution is 2.16. The molecule has 0 aliphatic carbocycles. The summed E-state index contributed by atoms with van der Waals surface area (Å²) in [4.78, 5) is 38.1. The van der Waals surface area contributed by atoms with Gasteiger partial charge in [0.05, 0.1) is 0 Å². The summed E-state index contributed by atoms with van der Waals surface area (Å²) < 4.78 is 16.9. The molecule has 0 amide bonds. The van der Waals surface area contributed by atoms with E-state index in [1.165, 1.54) is 193 Å². The molecular formula is C60H110O6. The van der Waals surface area contributed by atoms with Crippen molar-refractivity contribution >= 4 is 17.9 Å². The zero-order chi connectivity index (χ0) is 47.9. The Labute approximate surface area is 410 Å². The van der Waals surface area contributed by atoms with Gasteiger partial charge in [0.25, 0.3) is 0 Å². The van der Waals surface area contributed by atoms with E-state index in [0.717, 1.165) is 77.0 Å². The summed E-state index contributed by atoms with van der Waals surface area (Å²) in [5.41, 5.74) is 0. The molecule has 0 fully saturated rings. The Bertz CT molecular complexity index is 1110. The lowest BCUT2D eigenvalue weighted by Gasteiger charge is -2.18.